The van der Waals surface area contributed by atoms with E-state index in [2.05, 4.69) is 51.4 Å². The minimum Gasteiger partial charge on any atom is -0.341 e. The normalized spacial score (nSPS) is 12.2. The average molecular weight is 421 g/mol. The number of thioether (sulfide) groups is 1. The van der Waals surface area contributed by atoms with Crippen molar-refractivity contribution in [3.8, 4) is 22.5 Å². The molecule has 4 rings (SSSR count). The van der Waals surface area contributed by atoms with Crippen LogP contribution in [0, 0.1) is 0 Å². The van der Waals surface area contributed by atoms with Crippen LogP contribution in [0.15, 0.2) is 78.2 Å². The Balaban J connectivity index is 1.45. The Morgan fingerprint density at radius 3 is 2.34 bits per heavy atom. The fourth-order valence-electron chi connectivity index (χ4n) is 3.24. The number of thiol groups is 1. The number of rotatable bonds is 9. The van der Waals surface area contributed by atoms with Gasteiger partial charge in [0.25, 0.3) is 0 Å². The summed E-state index contributed by atoms with van der Waals surface area (Å²) in [5.41, 5.74) is 4.29. The van der Waals surface area contributed by atoms with Crippen molar-refractivity contribution < 1.29 is 0 Å². The third-order valence-corrected chi connectivity index (χ3v) is 6.22. The molecule has 4 aromatic rings. The zero-order valence-electron chi connectivity index (χ0n) is 16.1. The predicted molar refractivity (Wildman–Crippen MR) is 124 cm³/mol. The fourth-order valence-corrected chi connectivity index (χ4v) is 4.38. The summed E-state index contributed by atoms with van der Waals surface area (Å²) >= 11 is 6.61. The topological polar surface area (TPSA) is 57.4 Å². The van der Waals surface area contributed by atoms with Crippen LogP contribution in [-0.4, -0.2) is 25.7 Å². The lowest BCUT2D eigenvalue weighted by Crippen LogP contribution is -1.95. The number of hydrogen-bond acceptors (Lipinski definition) is 4. The van der Waals surface area contributed by atoms with Gasteiger partial charge in [-0.1, -0.05) is 78.8 Å². The molecule has 1 atom stereocenters. The highest BCUT2D eigenvalue weighted by molar-refractivity contribution is 7.99. The van der Waals surface area contributed by atoms with Crippen molar-refractivity contribution in [2.45, 2.75) is 29.7 Å². The van der Waals surface area contributed by atoms with Crippen LogP contribution in [0.1, 0.15) is 30.3 Å². The van der Waals surface area contributed by atoms with E-state index >= 15 is 0 Å². The molecule has 0 aliphatic carbocycles. The SMILES string of the molecule is SC(CCCCSc1ncc[nH]1)c1nc(-c2ccccc2)c(-c2ccccc2)[nH]1. The quantitative estimate of drug-likeness (QED) is 0.167. The molecule has 0 radical (unpaired) electrons. The zero-order chi connectivity index (χ0) is 19.9. The van der Waals surface area contributed by atoms with Crippen molar-refractivity contribution in [3.05, 3.63) is 78.9 Å². The summed E-state index contributed by atoms with van der Waals surface area (Å²) in [5, 5.41) is 1.07. The average Bonchev–Trinajstić information content (AvgIpc) is 3.45. The molecule has 0 fully saturated rings. The van der Waals surface area contributed by atoms with Gasteiger partial charge in [-0.15, -0.1) is 0 Å². The van der Waals surface area contributed by atoms with Crippen LogP contribution in [-0.2, 0) is 0 Å². The standard InChI is InChI=1S/C23H24N4S2/c28-19(13-7-8-16-29-23-24-14-15-25-23)22-26-20(17-9-3-1-4-10-17)21(27-22)18-11-5-2-6-12-18/h1-6,9-12,14-15,19,28H,7-8,13,16H2,(H,24,25)(H,26,27). The Bertz CT molecular complexity index is 941. The summed E-state index contributed by atoms with van der Waals surface area (Å²) in [6, 6.07) is 20.7. The second-order valence-electron chi connectivity index (χ2n) is 6.83. The predicted octanol–water partition coefficient (Wildman–Crippen LogP) is 6.40. The highest BCUT2D eigenvalue weighted by Gasteiger charge is 2.18. The molecule has 0 saturated carbocycles. The molecule has 0 spiro atoms. The molecule has 0 bridgehead atoms. The molecule has 0 amide bonds. The van der Waals surface area contributed by atoms with E-state index in [9.17, 15) is 0 Å². The van der Waals surface area contributed by atoms with Crippen LogP contribution in [0.3, 0.4) is 0 Å². The summed E-state index contributed by atoms with van der Waals surface area (Å²) in [4.78, 5) is 15.9. The van der Waals surface area contributed by atoms with Crippen molar-refractivity contribution in [3.63, 3.8) is 0 Å². The molecule has 2 heterocycles. The van der Waals surface area contributed by atoms with Gasteiger partial charge < -0.3 is 9.97 Å². The number of nitrogens with zero attached hydrogens (tertiary/aromatic N) is 2. The summed E-state index contributed by atoms with van der Waals surface area (Å²) < 4.78 is 0. The highest BCUT2D eigenvalue weighted by Crippen LogP contribution is 2.34. The first-order chi connectivity index (χ1) is 14.3. The maximum Gasteiger partial charge on any atom is 0.165 e. The maximum atomic E-state index is 4.94. The summed E-state index contributed by atoms with van der Waals surface area (Å²) in [5.74, 6) is 1.99. The molecule has 0 saturated heterocycles. The van der Waals surface area contributed by atoms with Crippen molar-refractivity contribution in [1.29, 1.82) is 0 Å². The lowest BCUT2D eigenvalue weighted by Gasteiger charge is -2.07. The van der Waals surface area contributed by atoms with Gasteiger partial charge in [0.2, 0.25) is 0 Å². The van der Waals surface area contributed by atoms with E-state index in [0.717, 1.165) is 58.5 Å². The fraction of sp³-hybridized carbons (Fsp3) is 0.217. The van der Waals surface area contributed by atoms with E-state index in [-0.39, 0.29) is 5.25 Å². The minimum absolute atomic E-state index is 0.0866. The second-order valence-corrected chi connectivity index (χ2v) is 8.54. The minimum atomic E-state index is 0.0866. The maximum absolute atomic E-state index is 4.94. The lowest BCUT2D eigenvalue weighted by molar-refractivity contribution is 0.694. The second kappa shape index (κ2) is 9.85. The van der Waals surface area contributed by atoms with Gasteiger partial charge in [-0.05, 0) is 12.8 Å². The molecule has 0 aliphatic heterocycles. The van der Waals surface area contributed by atoms with Gasteiger partial charge in [-0.2, -0.15) is 12.6 Å². The molecule has 0 aliphatic rings. The van der Waals surface area contributed by atoms with Gasteiger partial charge in [0.05, 0.1) is 16.6 Å². The van der Waals surface area contributed by atoms with E-state index in [1.807, 2.05) is 30.5 Å². The van der Waals surface area contributed by atoms with Gasteiger partial charge in [0.15, 0.2) is 5.16 Å². The van der Waals surface area contributed by atoms with Crippen molar-refractivity contribution in [2.24, 2.45) is 0 Å². The Hall–Kier alpha value is -2.44. The Morgan fingerprint density at radius 1 is 0.931 bits per heavy atom. The van der Waals surface area contributed by atoms with Crippen LogP contribution in [0.4, 0.5) is 0 Å². The summed E-state index contributed by atoms with van der Waals surface area (Å²) in [7, 11) is 0. The molecule has 4 nitrogen and oxygen atoms in total. The summed E-state index contributed by atoms with van der Waals surface area (Å²) in [6.45, 7) is 0. The van der Waals surface area contributed by atoms with E-state index in [1.165, 1.54) is 0 Å². The number of imidazole rings is 2. The van der Waals surface area contributed by atoms with E-state index in [0.29, 0.717) is 0 Å². The number of unbranched alkanes of at least 4 members (excludes halogenated alkanes) is 1. The Kier molecular flexibility index (Phi) is 6.75. The smallest absolute Gasteiger partial charge is 0.165 e. The molecule has 2 aromatic carbocycles. The van der Waals surface area contributed by atoms with Gasteiger partial charge in [-0.3, -0.25) is 0 Å². The van der Waals surface area contributed by atoms with Gasteiger partial charge in [-0.25, -0.2) is 9.97 Å². The Morgan fingerprint density at radius 2 is 1.66 bits per heavy atom. The van der Waals surface area contributed by atoms with E-state index in [4.69, 9.17) is 17.6 Å². The number of aromatic nitrogens is 4. The third-order valence-electron chi connectivity index (χ3n) is 4.73. The highest BCUT2D eigenvalue weighted by atomic mass is 32.2. The molecule has 2 aromatic heterocycles. The van der Waals surface area contributed by atoms with Crippen LogP contribution >= 0.6 is 24.4 Å². The van der Waals surface area contributed by atoms with Gasteiger partial charge in [0.1, 0.15) is 5.82 Å². The number of H-pyrrole nitrogens is 2. The van der Waals surface area contributed by atoms with E-state index < -0.39 is 0 Å². The molecule has 1 unspecified atom stereocenters. The number of nitrogens with one attached hydrogen (secondary N) is 2. The zero-order valence-corrected chi connectivity index (χ0v) is 17.8. The lowest BCUT2D eigenvalue weighted by atomic mass is 10.1. The van der Waals surface area contributed by atoms with Crippen LogP contribution < -0.4 is 0 Å². The first-order valence-electron chi connectivity index (χ1n) is 9.82. The first-order valence-corrected chi connectivity index (χ1v) is 11.3. The third kappa shape index (κ3) is 5.14. The molecule has 29 heavy (non-hydrogen) atoms. The van der Waals surface area contributed by atoms with Crippen LogP contribution in [0.2, 0.25) is 0 Å². The largest absolute Gasteiger partial charge is 0.341 e. The Labute approximate surface area is 181 Å². The summed E-state index contributed by atoms with van der Waals surface area (Å²) in [6.07, 6.45) is 6.86. The van der Waals surface area contributed by atoms with Crippen LogP contribution in [0.25, 0.3) is 22.5 Å². The van der Waals surface area contributed by atoms with Crippen molar-refractivity contribution in [1.82, 2.24) is 19.9 Å². The molecular weight excluding hydrogens is 396 g/mol. The molecule has 148 valence electrons. The molecular formula is C23H24N4S2. The first kappa shape index (κ1) is 19.9. The molecule has 6 heteroatoms. The number of hydrogen-bond donors (Lipinski definition) is 3. The van der Waals surface area contributed by atoms with Gasteiger partial charge >= 0.3 is 0 Å². The van der Waals surface area contributed by atoms with Crippen LogP contribution in [0.5, 0.6) is 0 Å². The monoisotopic (exact) mass is 420 g/mol. The molecule has 2 N–H and O–H groups in total. The van der Waals surface area contributed by atoms with Gasteiger partial charge in [0, 0.05) is 29.3 Å². The number of aromatic amines is 2. The van der Waals surface area contributed by atoms with Crippen molar-refractivity contribution in [2.75, 3.05) is 5.75 Å². The number of benzene rings is 2. The van der Waals surface area contributed by atoms with E-state index in [1.54, 1.807) is 18.0 Å². The van der Waals surface area contributed by atoms with Crippen molar-refractivity contribution >= 4 is 24.4 Å².